The van der Waals surface area contributed by atoms with E-state index >= 15 is 0 Å². The van der Waals surface area contributed by atoms with Crippen LogP contribution in [0.25, 0.3) is 10.9 Å². The van der Waals surface area contributed by atoms with E-state index in [2.05, 4.69) is 11.8 Å². The second-order valence-corrected chi connectivity index (χ2v) is 12.3. The highest BCUT2D eigenvalue weighted by Gasteiger charge is 2.36. The van der Waals surface area contributed by atoms with Crippen molar-refractivity contribution in [3.05, 3.63) is 94.7 Å². The van der Waals surface area contributed by atoms with E-state index in [0.29, 0.717) is 23.3 Å². The molecule has 3 aromatic carbocycles. The van der Waals surface area contributed by atoms with Gasteiger partial charge >= 0.3 is 0 Å². The molecule has 0 radical (unpaired) electrons. The molecule has 1 fully saturated rings. The summed E-state index contributed by atoms with van der Waals surface area (Å²) in [5.74, 6) is 0.653. The number of hydrogen-bond donors (Lipinski definition) is 0. The summed E-state index contributed by atoms with van der Waals surface area (Å²) in [7, 11) is -3.81. The lowest BCUT2D eigenvalue weighted by molar-refractivity contribution is 0.0856. The summed E-state index contributed by atoms with van der Waals surface area (Å²) in [6.07, 6.45) is 4.93. The van der Waals surface area contributed by atoms with Crippen molar-refractivity contribution >= 4 is 26.7 Å². The molecule has 0 saturated carbocycles. The first-order chi connectivity index (χ1) is 18.3. The number of carbonyl (C=O) groups is 1. The molecule has 7 heteroatoms. The van der Waals surface area contributed by atoms with Gasteiger partial charge in [-0.25, -0.2) is 12.4 Å². The van der Waals surface area contributed by atoms with Crippen LogP contribution in [-0.2, 0) is 23.0 Å². The zero-order valence-corrected chi connectivity index (χ0v) is 22.6. The number of para-hydroxylation sites is 1. The average Bonchev–Trinajstić information content (AvgIpc) is 3.45. The Hall–Kier alpha value is -3.42. The number of rotatable bonds is 6. The third-order valence-electron chi connectivity index (χ3n) is 7.89. The van der Waals surface area contributed by atoms with Gasteiger partial charge in [0.1, 0.15) is 5.75 Å². The number of hydrogen-bond acceptors (Lipinski definition) is 5. The van der Waals surface area contributed by atoms with Gasteiger partial charge in [-0.2, -0.15) is 0 Å². The molecular formula is C31H32N2O4S. The number of fused-ring (bicyclic) bond motifs is 2. The third-order valence-corrected chi connectivity index (χ3v) is 9.57. The van der Waals surface area contributed by atoms with Gasteiger partial charge in [-0.05, 0) is 75.2 Å². The van der Waals surface area contributed by atoms with E-state index in [-0.39, 0.29) is 10.7 Å². The Balaban J connectivity index is 1.33. The zero-order valence-electron chi connectivity index (χ0n) is 21.8. The Bertz CT molecular complexity index is 1630. The largest absolute Gasteiger partial charge is 0.481 e. The number of carbonyl (C=O) groups excluding carboxylic acids is 1. The molecule has 0 amide bonds. The molecule has 0 N–H and O–H groups in total. The maximum absolute atomic E-state index is 13.6. The van der Waals surface area contributed by atoms with Gasteiger partial charge < -0.3 is 4.74 Å². The minimum atomic E-state index is -3.81. The van der Waals surface area contributed by atoms with Crippen LogP contribution < -0.4 is 4.74 Å². The van der Waals surface area contributed by atoms with Gasteiger partial charge in [0.05, 0.1) is 16.0 Å². The van der Waals surface area contributed by atoms with Crippen molar-refractivity contribution in [1.29, 1.82) is 0 Å². The number of ether oxygens (including phenoxy) is 1. The summed E-state index contributed by atoms with van der Waals surface area (Å²) in [5, 5.41) is 0.806. The van der Waals surface area contributed by atoms with Crippen LogP contribution in [0.2, 0.25) is 0 Å². The van der Waals surface area contributed by atoms with Gasteiger partial charge in [0, 0.05) is 30.1 Å². The first kappa shape index (κ1) is 24.9. The lowest BCUT2D eigenvalue weighted by Gasteiger charge is -2.27. The fourth-order valence-electron chi connectivity index (χ4n) is 5.70. The topological polar surface area (TPSA) is 68.6 Å². The number of ketones is 1. The molecule has 1 unspecified atom stereocenters. The molecule has 1 saturated heterocycles. The lowest BCUT2D eigenvalue weighted by Crippen LogP contribution is -2.29. The molecule has 0 spiro atoms. The molecule has 0 aliphatic carbocycles. The molecule has 0 bridgehead atoms. The molecule has 4 aromatic rings. The Morgan fingerprint density at radius 1 is 0.921 bits per heavy atom. The van der Waals surface area contributed by atoms with Crippen LogP contribution in [0.1, 0.15) is 51.9 Å². The zero-order chi connectivity index (χ0) is 26.4. The third kappa shape index (κ3) is 4.33. The van der Waals surface area contributed by atoms with Crippen LogP contribution in [-0.4, -0.2) is 42.3 Å². The Kier molecular flexibility index (Phi) is 6.36. The Morgan fingerprint density at radius 3 is 2.42 bits per heavy atom. The Labute approximate surface area is 223 Å². The predicted octanol–water partition coefficient (Wildman–Crippen LogP) is 5.67. The van der Waals surface area contributed by atoms with Gasteiger partial charge in [0.25, 0.3) is 10.0 Å². The highest BCUT2D eigenvalue weighted by atomic mass is 32.2. The van der Waals surface area contributed by atoms with Gasteiger partial charge in [0.15, 0.2) is 6.10 Å². The fraction of sp³-hybridized carbons (Fsp3) is 0.323. The first-order valence-corrected chi connectivity index (χ1v) is 14.7. The van der Waals surface area contributed by atoms with E-state index < -0.39 is 16.1 Å². The van der Waals surface area contributed by atoms with E-state index in [1.165, 1.54) is 23.2 Å². The van der Waals surface area contributed by atoms with Crippen LogP contribution >= 0.6 is 0 Å². The number of benzene rings is 3. The molecule has 196 valence electrons. The first-order valence-electron chi connectivity index (χ1n) is 13.3. The monoisotopic (exact) mass is 528 g/mol. The van der Waals surface area contributed by atoms with E-state index in [1.807, 2.05) is 37.3 Å². The highest BCUT2D eigenvalue weighted by Crippen LogP contribution is 2.38. The van der Waals surface area contributed by atoms with Crippen molar-refractivity contribution in [3.8, 4) is 5.75 Å². The van der Waals surface area contributed by atoms with E-state index in [4.69, 9.17) is 4.74 Å². The quantitative estimate of drug-likeness (QED) is 0.323. The number of aromatic nitrogens is 1. The van der Waals surface area contributed by atoms with Crippen molar-refractivity contribution in [2.24, 2.45) is 0 Å². The maximum atomic E-state index is 13.6. The molecule has 1 atom stereocenters. The molecule has 6 nitrogen and oxygen atoms in total. The van der Waals surface area contributed by atoms with Crippen molar-refractivity contribution in [2.75, 3.05) is 13.1 Å². The van der Waals surface area contributed by atoms with Crippen LogP contribution in [0, 0.1) is 13.8 Å². The highest BCUT2D eigenvalue weighted by molar-refractivity contribution is 7.90. The van der Waals surface area contributed by atoms with Gasteiger partial charge in [0.2, 0.25) is 5.78 Å². The second kappa shape index (κ2) is 9.71. The molecule has 2 aliphatic heterocycles. The predicted molar refractivity (Wildman–Crippen MR) is 148 cm³/mol. The summed E-state index contributed by atoms with van der Waals surface area (Å²) in [5.41, 5.74) is 5.20. The molecule has 1 aromatic heterocycles. The van der Waals surface area contributed by atoms with Crippen molar-refractivity contribution in [3.63, 3.8) is 0 Å². The summed E-state index contributed by atoms with van der Waals surface area (Å²) in [6.45, 7) is 6.91. The number of Topliss-reactive ketones (excluding diaryl/α,β-unsaturated/α-hetero) is 1. The number of piperidine rings is 1. The standard InChI is InChI=1S/C31H32N2O4S/c1-21-10-13-24(14-11-21)38(35,36)33-19-23(25-8-4-5-9-28(25)33)18-29-30(34)26-15-12-22(2)27(31(26)37-29)20-32-16-6-3-7-17-32/h4-5,8-15,19,29H,3,6-7,16-18,20H2,1-2H3. The molecule has 3 heterocycles. The summed E-state index contributed by atoms with van der Waals surface area (Å²) in [4.78, 5) is 16.2. The number of nitrogens with zero attached hydrogens (tertiary/aromatic N) is 2. The SMILES string of the molecule is Cc1ccc(S(=O)(=O)n2cc(CC3Oc4c(ccc(C)c4CN4CCCCC4)C3=O)c3ccccc32)cc1. The maximum Gasteiger partial charge on any atom is 0.268 e. The molecule has 6 rings (SSSR count). The second-order valence-electron chi connectivity index (χ2n) is 10.5. The fourth-order valence-corrected chi connectivity index (χ4v) is 7.09. The van der Waals surface area contributed by atoms with Crippen LogP contribution in [0.15, 0.2) is 71.8 Å². The summed E-state index contributed by atoms with van der Waals surface area (Å²) in [6, 6.07) is 18.2. The number of likely N-dealkylation sites (tertiary alicyclic amines) is 1. The van der Waals surface area contributed by atoms with Crippen LogP contribution in [0.5, 0.6) is 5.75 Å². The van der Waals surface area contributed by atoms with Crippen LogP contribution in [0.3, 0.4) is 0 Å². The summed E-state index contributed by atoms with van der Waals surface area (Å²) >= 11 is 0. The van der Waals surface area contributed by atoms with E-state index in [0.717, 1.165) is 47.3 Å². The molecular weight excluding hydrogens is 496 g/mol. The minimum Gasteiger partial charge on any atom is -0.481 e. The van der Waals surface area contributed by atoms with E-state index in [1.54, 1.807) is 36.5 Å². The lowest BCUT2D eigenvalue weighted by atomic mass is 9.98. The number of aryl methyl sites for hydroxylation is 2. The van der Waals surface area contributed by atoms with Crippen LogP contribution in [0.4, 0.5) is 0 Å². The van der Waals surface area contributed by atoms with Gasteiger partial charge in [-0.1, -0.05) is 48.4 Å². The van der Waals surface area contributed by atoms with Crippen molar-refractivity contribution in [1.82, 2.24) is 8.87 Å². The average molecular weight is 529 g/mol. The van der Waals surface area contributed by atoms with E-state index in [9.17, 15) is 13.2 Å². The van der Waals surface area contributed by atoms with Crippen molar-refractivity contribution in [2.45, 2.75) is 57.1 Å². The minimum absolute atomic E-state index is 0.0434. The summed E-state index contributed by atoms with van der Waals surface area (Å²) < 4.78 is 34.9. The molecule has 2 aliphatic rings. The smallest absolute Gasteiger partial charge is 0.268 e. The van der Waals surface area contributed by atoms with Gasteiger partial charge in [-0.3, -0.25) is 9.69 Å². The van der Waals surface area contributed by atoms with Crippen molar-refractivity contribution < 1.29 is 17.9 Å². The molecule has 38 heavy (non-hydrogen) atoms. The van der Waals surface area contributed by atoms with Gasteiger partial charge in [-0.15, -0.1) is 0 Å². The Morgan fingerprint density at radius 2 is 1.66 bits per heavy atom. The normalized spacial score (nSPS) is 18.1.